The van der Waals surface area contributed by atoms with E-state index >= 15 is 0 Å². The second-order valence-corrected chi connectivity index (χ2v) is 4.45. The maximum atomic E-state index is 13.1. The molecule has 78 valence electrons. The number of hydrogen-bond acceptors (Lipinski definition) is 1. The van der Waals surface area contributed by atoms with Crippen molar-refractivity contribution in [2.24, 2.45) is 0 Å². The van der Waals surface area contributed by atoms with Gasteiger partial charge in [-0.1, -0.05) is 0 Å². The Morgan fingerprint density at radius 2 is 2.07 bits per heavy atom. The molecule has 1 aliphatic carbocycles. The van der Waals surface area contributed by atoms with Gasteiger partial charge in [0.1, 0.15) is 5.83 Å². The van der Waals surface area contributed by atoms with Crippen LogP contribution in [-0.2, 0) is 0 Å². The molecule has 0 saturated carbocycles. The fourth-order valence-electron chi connectivity index (χ4n) is 2.43. The van der Waals surface area contributed by atoms with E-state index in [1.165, 1.54) is 17.7 Å². The van der Waals surface area contributed by atoms with Crippen molar-refractivity contribution >= 4 is 0 Å². The topological polar surface area (TPSA) is 3.24 Å². The summed E-state index contributed by atoms with van der Waals surface area (Å²) < 4.78 is 13.1. The lowest BCUT2D eigenvalue weighted by atomic mass is 9.93. The molecule has 0 amide bonds. The van der Waals surface area contributed by atoms with Crippen LogP contribution in [0.15, 0.2) is 23.2 Å². The van der Waals surface area contributed by atoms with Crippen LogP contribution >= 0.6 is 0 Å². The fourth-order valence-corrected chi connectivity index (χ4v) is 2.43. The molecule has 0 fully saturated rings. The molecular formula is C12H18FN. The zero-order valence-corrected chi connectivity index (χ0v) is 9.02. The van der Waals surface area contributed by atoms with Gasteiger partial charge in [-0.15, -0.1) is 0 Å². The molecule has 0 bridgehead atoms. The minimum absolute atomic E-state index is 0.0642. The van der Waals surface area contributed by atoms with Gasteiger partial charge < -0.3 is 4.90 Å². The van der Waals surface area contributed by atoms with E-state index in [1.807, 2.05) is 0 Å². The summed E-state index contributed by atoms with van der Waals surface area (Å²) in [5, 5.41) is 0. The standard InChI is InChI=1S/C12H18FN/c1-9(2)14-7-3-4-10-8-11(13)5-6-12(10)14/h8-9H,3-7H2,1-2H3. The molecule has 0 unspecified atom stereocenters. The molecule has 0 N–H and O–H groups in total. The van der Waals surface area contributed by atoms with Crippen molar-refractivity contribution < 1.29 is 4.39 Å². The van der Waals surface area contributed by atoms with Crippen molar-refractivity contribution in [2.75, 3.05) is 6.54 Å². The maximum absolute atomic E-state index is 13.1. The molecule has 14 heavy (non-hydrogen) atoms. The lowest BCUT2D eigenvalue weighted by Gasteiger charge is -2.38. The number of halogens is 1. The summed E-state index contributed by atoms with van der Waals surface area (Å²) in [6.45, 7) is 5.57. The van der Waals surface area contributed by atoms with Crippen molar-refractivity contribution in [1.82, 2.24) is 4.90 Å². The van der Waals surface area contributed by atoms with Crippen LogP contribution in [0.25, 0.3) is 0 Å². The van der Waals surface area contributed by atoms with Crippen LogP contribution in [0.3, 0.4) is 0 Å². The highest BCUT2D eigenvalue weighted by Crippen LogP contribution is 2.34. The van der Waals surface area contributed by atoms with E-state index in [9.17, 15) is 4.39 Å². The van der Waals surface area contributed by atoms with Crippen LogP contribution < -0.4 is 0 Å². The van der Waals surface area contributed by atoms with Gasteiger partial charge in [0.15, 0.2) is 0 Å². The molecule has 1 aliphatic heterocycles. The average molecular weight is 195 g/mol. The molecule has 0 saturated heterocycles. The highest BCUT2D eigenvalue weighted by atomic mass is 19.1. The van der Waals surface area contributed by atoms with Crippen LogP contribution in [0, 0.1) is 0 Å². The minimum atomic E-state index is 0.0642. The molecule has 0 spiro atoms. The smallest absolute Gasteiger partial charge is 0.101 e. The Morgan fingerprint density at radius 3 is 2.79 bits per heavy atom. The van der Waals surface area contributed by atoms with E-state index in [0.717, 1.165) is 19.4 Å². The van der Waals surface area contributed by atoms with E-state index < -0.39 is 0 Å². The molecule has 0 aromatic carbocycles. The normalized spacial score (nSPS) is 22.6. The molecule has 2 rings (SSSR count). The van der Waals surface area contributed by atoms with E-state index in [2.05, 4.69) is 18.7 Å². The summed E-state index contributed by atoms with van der Waals surface area (Å²) in [5.41, 5.74) is 2.64. The molecule has 0 radical (unpaired) electrons. The van der Waals surface area contributed by atoms with Crippen molar-refractivity contribution in [3.05, 3.63) is 23.2 Å². The third-order valence-corrected chi connectivity index (χ3v) is 3.12. The molecule has 0 aromatic rings. The molecule has 0 atom stereocenters. The first-order valence-electron chi connectivity index (χ1n) is 5.53. The number of allylic oxidation sites excluding steroid dienone is 4. The van der Waals surface area contributed by atoms with Gasteiger partial charge >= 0.3 is 0 Å². The molecule has 1 nitrogen and oxygen atoms in total. The highest BCUT2D eigenvalue weighted by Gasteiger charge is 2.23. The zero-order chi connectivity index (χ0) is 10.1. The third-order valence-electron chi connectivity index (χ3n) is 3.12. The average Bonchev–Trinajstić information content (AvgIpc) is 2.16. The van der Waals surface area contributed by atoms with Crippen LogP contribution in [0.2, 0.25) is 0 Å². The second-order valence-electron chi connectivity index (χ2n) is 4.45. The van der Waals surface area contributed by atoms with Gasteiger partial charge in [0.2, 0.25) is 0 Å². The quantitative estimate of drug-likeness (QED) is 0.620. The lowest BCUT2D eigenvalue weighted by Crippen LogP contribution is -2.35. The summed E-state index contributed by atoms with van der Waals surface area (Å²) in [7, 11) is 0. The predicted molar refractivity (Wildman–Crippen MR) is 56.5 cm³/mol. The fraction of sp³-hybridized carbons (Fsp3) is 0.667. The zero-order valence-electron chi connectivity index (χ0n) is 9.02. The Balaban J connectivity index is 2.28. The van der Waals surface area contributed by atoms with Gasteiger partial charge in [-0.3, -0.25) is 0 Å². The first kappa shape index (κ1) is 9.75. The third kappa shape index (κ3) is 1.70. The summed E-state index contributed by atoms with van der Waals surface area (Å²) in [6, 6.07) is 0.551. The number of nitrogens with zero attached hydrogens (tertiary/aromatic N) is 1. The van der Waals surface area contributed by atoms with Crippen molar-refractivity contribution in [2.45, 2.75) is 45.6 Å². The Bertz CT molecular complexity index is 289. The molecular weight excluding hydrogens is 177 g/mol. The number of hydrogen-bond donors (Lipinski definition) is 0. The number of rotatable bonds is 1. The summed E-state index contributed by atoms with van der Waals surface area (Å²) in [6.07, 6.45) is 5.48. The monoisotopic (exact) mass is 195 g/mol. The van der Waals surface area contributed by atoms with Crippen molar-refractivity contribution in [3.8, 4) is 0 Å². The van der Waals surface area contributed by atoms with Gasteiger partial charge in [-0.25, -0.2) is 4.39 Å². The summed E-state index contributed by atoms with van der Waals surface area (Å²) in [5.74, 6) is 0.0642. The van der Waals surface area contributed by atoms with E-state index in [1.54, 1.807) is 6.08 Å². The first-order chi connectivity index (χ1) is 6.68. The SMILES string of the molecule is CC(C)N1CCCC2=C1CCC(F)=C2. The molecule has 1 heterocycles. The first-order valence-corrected chi connectivity index (χ1v) is 5.53. The lowest BCUT2D eigenvalue weighted by molar-refractivity contribution is 0.250. The Labute approximate surface area is 85.3 Å². The molecule has 2 aliphatic rings. The Kier molecular flexibility index (Phi) is 2.62. The minimum Gasteiger partial charge on any atom is -0.372 e. The largest absolute Gasteiger partial charge is 0.372 e. The Hall–Kier alpha value is -0.790. The van der Waals surface area contributed by atoms with Gasteiger partial charge in [0, 0.05) is 24.7 Å². The molecule has 2 heteroatoms. The van der Waals surface area contributed by atoms with Crippen LogP contribution in [0.1, 0.15) is 39.5 Å². The van der Waals surface area contributed by atoms with E-state index in [4.69, 9.17) is 0 Å². The van der Waals surface area contributed by atoms with E-state index in [0.29, 0.717) is 12.5 Å². The Morgan fingerprint density at radius 1 is 1.29 bits per heavy atom. The highest BCUT2D eigenvalue weighted by molar-refractivity contribution is 5.32. The van der Waals surface area contributed by atoms with Crippen molar-refractivity contribution in [3.63, 3.8) is 0 Å². The van der Waals surface area contributed by atoms with Gasteiger partial charge in [0.05, 0.1) is 0 Å². The van der Waals surface area contributed by atoms with Gasteiger partial charge in [0.25, 0.3) is 0 Å². The summed E-state index contributed by atoms with van der Waals surface area (Å²) in [4.78, 5) is 2.43. The molecule has 0 aromatic heterocycles. The van der Waals surface area contributed by atoms with Crippen molar-refractivity contribution in [1.29, 1.82) is 0 Å². The summed E-state index contributed by atoms with van der Waals surface area (Å²) >= 11 is 0. The predicted octanol–water partition coefficient (Wildman–Crippen LogP) is 3.39. The van der Waals surface area contributed by atoms with Crippen LogP contribution in [0.5, 0.6) is 0 Å². The van der Waals surface area contributed by atoms with Gasteiger partial charge in [-0.05, 0) is 44.8 Å². The maximum Gasteiger partial charge on any atom is 0.101 e. The van der Waals surface area contributed by atoms with Gasteiger partial charge in [-0.2, -0.15) is 0 Å². The van der Waals surface area contributed by atoms with E-state index in [-0.39, 0.29) is 5.83 Å². The second kappa shape index (κ2) is 3.76. The van der Waals surface area contributed by atoms with Crippen LogP contribution in [0.4, 0.5) is 4.39 Å². The van der Waals surface area contributed by atoms with Crippen LogP contribution in [-0.4, -0.2) is 17.5 Å².